The maximum Gasteiger partial charge on any atom is 0.253 e. The summed E-state index contributed by atoms with van der Waals surface area (Å²) >= 11 is 0. The lowest BCUT2D eigenvalue weighted by atomic mass is 9.77. The quantitative estimate of drug-likeness (QED) is 0.274. The third kappa shape index (κ3) is 5.82. The third-order valence-corrected chi connectivity index (χ3v) is 9.97. The zero-order chi connectivity index (χ0) is 33.1. The first kappa shape index (κ1) is 32.8. The molecule has 0 saturated carbocycles. The molecule has 250 valence electrons. The van der Waals surface area contributed by atoms with E-state index in [1.165, 1.54) is 0 Å². The van der Waals surface area contributed by atoms with E-state index in [0.29, 0.717) is 51.2 Å². The van der Waals surface area contributed by atoms with Crippen molar-refractivity contribution in [1.82, 2.24) is 4.90 Å². The van der Waals surface area contributed by atoms with E-state index < -0.39 is 29.6 Å². The Labute approximate surface area is 277 Å². The maximum absolute atomic E-state index is 14.7. The molecule has 2 aromatic carbocycles. The second-order valence-corrected chi connectivity index (χ2v) is 12.5. The molecule has 3 amide bonds. The predicted molar refractivity (Wildman–Crippen MR) is 182 cm³/mol. The van der Waals surface area contributed by atoms with Crippen molar-refractivity contribution >= 4 is 34.8 Å². The lowest BCUT2D eigenvalue weighted by Gasteiger charge is -2.35. The minimum absolute atomic E-state index is 0.0674. The topological polar surface area (TPSA) is 103 Å². The number of carbonyl (C=O) groups excluding carboxylic acids is 3. The van der Waals surface area contributed by atoms with Crippen molar-refractivity contribution in [2.45, 2.75) is 57.8 Å². The van der Waals surface area contributed by atoms with E-state index in [1.54, 1.807) is 14.7 Å². The van der Waals surface area contributed by atoms with Gasteiger partial charge in [0, 0.05) is 56.4 Å². The molecule has 2 saturated heterocycles. The molecule has 2 fully saturated rings. The van der Waals surface area contributed by atoms with Gasteiger partial charge in [0.2, 0.25) is 11.8 Å². The largest absolute Gasteiger partial charge is 0.494 e. The van der Waals surface area contributed by atoms with Gasteiger partial charge in [0.25, 0.3) is 5.91 Å². The van der Waals surface area contributed by atoms with Crippen LogP contribution in [0.2, 0.25) is 0 Å². The average molecular weight is 643 g/mol. The van der Waals surface area contributed by atoms with Crippen molar-refractivity contribution in [2.24, 2.45) is 11.8 Å². The van der Waals surface area contributed by atoms with Crippen molar-refractivity contribution in [3.8, 4) is 5.75 Å². The number of aliphatic hydroxyl groups is 1. The van der Waals surface area contributed by atoms with Gasteiger partial charge in [-0.1, -0.05) is 24.3 Å². The molecule has 4 aliphatic rings. The average Bonchev–Trinajstić information content (AvgIpc) is 3.39. The highest BCUT2D eigenvalue weighted by Crippen LogP contribution is 2.54. The number of rotatable bonds is 12. The van der Waals surface area contributed by atoms with Gasteiger partial charge >= 0.3 is 0 Å². The van der Waals surface area contributed by atoms with Gasteiger partial charge in [-0.05, 0) is 88.6 Å². The number of fused-ring (bicyclic) bond motifs is 2. The molecule has 10 heteroatoms. The Morgan fingerprint density at radius 1 is 0.851 bits per heavy atom. The van der Waals surface area contributed by atoms with E-state index >= 15 is 0 Å². The van der Waals surface area contributed by atoms with Gasteiger partial charge in [0.15, 0.2) is 0 Å². The van der Waals surface area contributed by atoms with Crippen LogP contribution in [0.3, 0.4) is 0 Å². The molecule has 4 heterocycles. The molecular weight excluding hydrogens is 596 g/mol. The van der Waals surface area contributed by atoms with Crippen LogP contribution in [-0.4, -0.2) is 91.4 Å². The van der Waals surface area contributed by atoms with Crippen molar-refractivity contribution in [2.75, 3.05) is 60.6 Å². The molecule has 6 rings (SSSR count). The predicted octanol–water partition coefficient (Wildman–Crippen LogP) is 4.18. The molecule has 5 atom stereocenters. The third-order valence-electron chi connectivity index (χ3n) is 9.97. The number of likely N-dealkylation sites (tertiary alicyclic amines) is 1. The number of ether oxygens (including phenoxy) is 2. The summed E-state index contributed by atoms with van der Waals surface area (Å²) < 4.78 is 12.4. The molecule has 0 aliphatic carbocycles. The highest BCUT2D eigenvalue weighted by Gasteiger charge is 2.71. The van der Waals surface area contributed by atoms with Crippen LogP contribution in [0.15, 0.2) is 72.8 Å². The molecule has 1 unspecified atom stereocenters. The highest BCUT2D eigenvalue weighted by molar-refractivity contribution is 6.07. The van der Waals surface area contributed by atoms with E-state index in [4.69, 9.17) is 9.47 Å². The summed E-state index contributed by atoms with van der Waals surface area (Å²) in [6, 6.07) is 14.4. The molecule has 4 aliphatic heterocycles. The fraction of sp³-hybridized carbons (Fsp3) is 0.486. The smallest absolute Gasteiger partial charge is 0.253 e. The number of benzene rings is 2. The van der Waals surface area contributed by atoms with E-state index in [0.717, 1.165) is 30.2 Å². The van der Waals surface area contributed by atoms with Crippen LogP contribution in [0.1, 0.15) is 40.0 Å². The van der Waals surface area contributed by atoms with Gasteiger partial charge in [-0.25, -0.2) is 0 Å². The Bertz CT molecular complexity index is 1500. The lowest BCUT2D eigenvalue weighted by Crippen LogP contribution is -2.55. The van der Waals surface area contributed by atoms with Crippen molar-refractivity contribution < 1.29 is 29.0 Å². The summed E-state index contributed by atoms with van der Waals surface area (Å²) in [6.45, 7) is 9.51. The van der Waals surface area contributed by atoms with Gasteiger partial charge in [0.1, 0.15) is 17.4 Å². The van der Waals surface area contributed by atoms with Crippen molar-refractivity contribution in [3.05, 3.63) is 72.8 Å². The maximum atomic E-state index is 14.7. The van der Waals surface area contributed by atoms with Gasteiger partial charge in [0.05, 0.1) is 24.5 Å². The Kier molecular flexibility index (Phi) is 9.70. The van der Waals surface area contributed by atoms with Crippen LogP contribution in [0.25, 0.3) is 0 Å². The van der Waals surface area contributed by atoms with E-state index in [1.807, 2.05) is 79.8 Å². The van der Waals surface area contributed by atoms with Gasteiger partial charge < -0.3 is 34.2 Å². The Hall–Kier alpha value is -4.15. The fourth-order valence-electron chi connectivity index (χ4n) is 7.73. The SMILES string of the molecule is CCOc1ccc(N2CC=C[C@H]3O[C@]45C=CCN(c6ccc(N(CC)CC)cc6)C(=O)C4N(CCCCCO)C(=O)[C@@H]5[C@H]3C2=O)cc1. The monoisotopic (exact) mass is 642 g/mol. The number of hydrogen-bond donors (Lipinski definition) is 1. The standard InChI is InChI=1S/C37H46N4O6/c1-4-38(5-2)26-13-15-27(16-14-26)40-24-11-21-37-32(35(44)41(33(37)36(40)45)22-8-7-9-25-42)31-30(47-37)12-10-23-39(34(31)43)28-17-19-29(20-18-28)46-6-3/h10-21,30-33,42H,4-9,22-25H2,1-3H3/t30-,31+,32+,33?,37+/m1/s1. The molecular formula is C37H46N4O6. The van der Waals surface area contributed by atoms with Gasteiger partial charge in [-0.2, -0.15) is 0 Å². The van der Waals surface area contributed by atoms with E-state index in [9.17, 15) is 19.5 Å². The van der Waals surface area contributed by atoms with Crippen molar-refractivity contribution in [1.29, 1.82) is 0 Å². The zero-order valence-electron chi connectivity index (χ0n) is 27.6. The number of unbranched alkanes of at least 4 members (excludes halogenated alkanes) is 2. The Balaban J connectivity index is 1.35. The zero-order valence-corrected chi connectivity index (χ0v) is 27.6. The number of aliphatic hydroxyl groups excluding tert-OH is 1. The molecule has 47 heavy (non-hydrogen) atoms. The first-order chi connectivity index (χ1) is 22.9. The first-order valence-electron chi connectivity index (χ1n) is 17.0. The normalized spacial score (nSPS) is 26.6. The molecule has 0 bridgehead atoms. The molecule has 1 N–H and O–H groups in total. The summed E-state index contributed by atoms with van der Waals surface area (Å²) in [5.41, 5.74) is 1.24. The van der Waals surface area contributed by atoms with Crippen LogP contribution in [0.4, 0.5) is 17.1 Å². The molecule has 1 spiro atoms. The number of nitrogens with zero attached hydrogens (tertiary/aromatic N) is 4. The van der Waals surface area contributed by atoms with E-state index in [2.05, 4.69) is 18.7 Å². The second kappa shape index (κ2) is 13.9. The summed E-state index contributed by atoms with van der Waals surface area (Å²) in [7, 11) is 0. The molecule has 0 aromatic heterocycles. The minimum Gasteiger partial charge on any atom is -0.494 e. The first-order valence-corrected chi connectivity index (χ1v) is 17.0. The number of amides is 3. The molecule has 0 radical (unpaired) electrons. The molecule has 10 nitrogen and oxygen atoms in total. The number of anilines is 3. The fourth-order valence-corrected chi connectivity index (χ4v) is 7.73. The summed E-state index contributed by atoms with van der Waals surface area (Å²) in [5.74, 6) is -1.60. The van der Waals surface area contributed by atoms with Crippen LogP contribution < -0.4 is 19.4 Å². The number of carbonyl (C=O) groups is 3. The van der Waals surface area contributed by atoms with Gasteiger partial charge in [-0.3, -0.25) is 14.4 Å². The summed E-state index contributed by atoms with van der Waals surface area (Å²) in [5, 5.41) is 9.37. The lowest BCUT2D eigenvalue weighted by molar-refractivity contribution is -0.140. The van der Waals surface area contributed by atoms with Gasteiger partial charge in [-0.15, -0.1) is 0 Å². The van der Waals surface area contributed by atoms with Crippen molar-refractivity contribution in [3.63, 3.8) is 0 Å². The minimum atomic E-state index is -1.29. The Morgan fingerprint density at radius 3 is 2.17 bits per heavy atom. The Morgan fingerprint density at radius 2 is 1.51 bits per heavy atom. The second-order valence-electron chi connectivity index (χ2n) is 12.5. The van der Waals surface area contributed by atoms with Crippen LogP contribution >= 0.6 is 0 Å². The van der Waals surface area contributed by atoms with Crippen LogP contribution in [0, 0.1) is 11.8 Å². The molecule has 2 aromatic rings. The summed E-state index contributed by atoms with van der Waals surface area (Å²) in [6.07, 6.45) is 8.89. The highest BCUT2D eigenvalue weighted by atomic mass is 16.5. The van der Waals surface area contributed by atoms with E-state index in [-0.39, 0.29) is 24.3 Å². The number of hydrogen-bond acceptors (Lipinski definition) is 7. The summed E-state index contributed by atoms with van der Waals surface area (Å²) in [4.78, 5) is 51.0. The van der Waals surface area contributed by atoms with Crippen LogP contribution in [0.5, 0.6) is 5.75 Å². The van der Waals surface area contributed by atoms with Crippen LogP contribution in [-0.2, 0) is 19.1 Å².